The quantitative estimate of drug-likeness (QED) is 0.844. The van der Waals surface area contributed by atoms with Gasteiger partial charge in [-0.2, -0.15) is 13.2 Å². The maximum Gasteiger partial charge on any atom is 0.422 e. The van der Waals surface area contributed by atoms with Crippen molar-refractivity contribution in [3.05, 3.63) is 29.3 Å². The first-order chi connectivity index (χ1) is 12.8. The van der Waals surface area contributed by atoms with Gasteiger partial charge in [0.05, 0.1) is 6.61 Å². The summed E-state index contributed by atoms with van der Waals surface area (Å²) in [5, 5.41) is 2.76. The van der Waals surface area contributed by atoms with Crippen LogP contribution in [0, 0.1) is 0 Å². The van der Waals surface area contributed by atoms with Crippen molar-refractivity contribution in [2.45, 2.75) is 37.9 Å². The number of nitrogens with zero attached hydrogens (tertiary/aromatic N) is 1. The molecule has 3 rings (SSSR count). The van der Waals surface area contributed by atoms with Crippen molar-refractivity contribution in [3.8, 4) is 5.75 Å². The number of hydrogen-bond donors (Lipinski definition) is 1. The Morgan fingerprint density at radius 3 is 2.93 bits per heavy atom. The fourth-order valence-corrected chi connectivity index (χ4v) is 3.33. The number of halogens is 3. The van der Waals surface area contributed by atoms with Crippen molar-refractivity contribution in [1.29, 1.82) is 0 Å². The van der Waals surface area contributed by atoms with Gasteiger partial charge >= 0.3 is 12.3 Å². The van der Waals surface area contributed by atoms with Gasteiger partial charge in [0.2, 0.25) is 5.91 Å². The third-order valence-corrected chi connectivity index (χ3v) is 4.62. The number of ether oxygens (including phenoxy) is 2. The minimum absolute atomic E-state index is 0.208. The lowest BCUT2D eigenvalue weighted by Crippen LogP contribution is -2.47. The number of likely N-dealkylation sites (tertiary alicyclic amines) is 1. The summed E-state index contributed by atoms with van der Waals surface area (Å²) in [4.78, 5) is 25.2. The Labute approximate surface area is 154 Å². The SMILES string of the molecule is O=C(NCCc1ccc2c(c1)CCO2)C1CCCN1C(=O)OCC(F)(F)F. The summed E-state index contributed by atoms with van der Waals surface area (Å²) in [5.41, 5.74) is 2.21. The molecule has 1 unspecified atom stereocenters. The van der Waals surface area contributed by atoms with E-state index >= 15 is 0 Å². The number of nitrogens with one attached hydrogen (secondary N) is 1. The Balaban J connectivity index is 1.47. The highest BCUT2D eigenvalue weighted by Gasteiger charge is 2.37. The number of rotatable bonds is 5. The number of fused-ring (bicyclic) bond motifs is 1. The normalized spacial score (nSPS) is 18.8. The zero-order valence-electron chi connectivity index (χ0n) is 14.7. The van der Waals surface area contributed by atoms with Crippen molar-refractivity contribution in [1.82, 2.24) is 10.2 Å². The van der Waals surface area contributed by atoms with Crippen molar-refractivity contribution in [2.75, 3.05) is 26.3 Å². The molecule has 1 saturated heterocycles. The van der Waals surface area contributed by atoms with Crippen LogP contribution in [0.15, 0.2) is 18.2 Å². The minimum Gasteiger partial charge on any atom is -0.493 e. The second-order valence-corrected chi connectivity index (χ2v) is 6.60. The zero-order chi connectivity index (χ0) is 19.4. The summed E-state index contributed by atoms with van der Waals surface area (Å²) in [7, 11) is 0. The van der Waals surface area contributed by atoms with E-state index in [1.54, 1.807) is 0 Å². The zero-order valence-corrected chi connectivity index (χ0v) is 14.7. The topological polar surface area (TPSA) is 67.9 Å². The van der Waals surface area contributed by atoms with E-state index in [4.69, 9.17) is 4.74 Å². The summed E-state index contributed by atoms with van der Waals surface area (Å²) in [6.45, 7) is -0.393. The van der Waals surface area contributed by atoms with Gasteiger partial charge in [0, 0.05) is 19.5 Å². The molecule has 0 aromatic heterocycles. The smallest absolute Gasteiger partial charge is 0.422 e. The molecule has 0 radical (unpaired) electrons. The van der Waals surface area contributed by atoms with Crippen LogP contribution in [0.2, 0.25) is 0 Å². The lowest BCUT2D eigenvalue weighted by Gasteiger charge is -2.23. The van der Waals surface area contributed by atoms with E-state index in [9.17, 15) is 22.8 Å². The molecular formula is C18H21F3N2O4. The van der Waals surface area contributed by atoms with Crippen LogP contribution in [0.1, 0.15) is 24.0 Å². The van der Waals surface area contributed by atoms with Crippen LogP contribution in [0.25, 0.3) is 0 Å². The standard InChI is InChI=1S/C18H21F3N2O4/c19-18(20,21)11-27-17(25)23-8-1-2-14(23)16(24)22-7-5-12-3-4-15-13(10-12)6-9-26-15/h3-4,10,14H,1-2,5-9,11H2,(H,22,24). The molecule has 1 atom stereocenters. The number of carbonyl (C=O) groups excluding carboxylic acids is 2. The van der Waals surface area contributed by atoms with Gasteiger partial charge in [-0.3, -0.25) is 9.69 Å². The van der Waals surface area contributed by atoms with Crippen LogP contribution in [0.5, 0.6) is 5.75 Å². The second kappa shape index (κ2) is 8.06. The van der Waals surface area contributed by atoms with Crippen molar-refractivity contribution in [3.63, 3.8) is 0 Å². The Hall–Kier alpha value is -2.45. The van der Waals surface area contributed by atoms with E-state index in [2.05, 4.69) is 10.1 Å². The molecule has 0 saturated carbocycles. The highest BCUT2D eigenvalue weighted by atomic mass is 19.4. The third kappa shape index (κ3) is 5.05. The van der Waals surface area contributed by atoms with Gasteiger partial charge < -0.3 is 14.8 Å². The number of carbonyl (C=O) groups is 2. The Bertz CT molecular complexity index is 708. The van der Waals surface area contributed by atoms with E-state index < -0.39 is 24.9 Å². The molecule has 27 heavy (non-hydrogen) atoms. The van der Waals surface area contributed by atoms with Crippen LogP contribution in [-0.2, 0) is 22.4 Å². The maximum atomic E-state index is 12.3. The summed E-state index contributed by atoms with van der Waals surface area (Å²) in [6.07, 6.45) is -3.26. The van der Waals surface area contributed by atoms with E-state index in [0.29, 0.717) is 32.4 Å². The Morgan fingerprint density at radius 2 is 2.15 bits per heavy atom. The van der Waals surface area contributed by atoms with E-state index in [0.717, 1.165) is 28.2 Å². The largest absolute Gasteiger partial charge is 0.493 e. The third-order valence-electron chi connectivity index (χ3n) is 4.62. The molecule has 0 aliphatic carbocycles. The molecule has 2 aliphatic heterocycles. The molecule has 1 fully saturated rings. The fraction of sp³-hybridized carbons (Fsp3) is 0.556. The van der Waals surface area contributed by atoms with Crippen LogP contribution in [0.4, 0.5) is 18.0 Å². The van der Waals surface area contributed by atoms with E-state index in [-0.39, 0.29) is 12.5 Å². The number of hydrogen-bond acceptors (Lipinski definition) is 4. The van der Waals surface area contributed by atoms with Gasteiger partial charge in [0.1, 0.15) is 11.8 Å². The molecule has 2 heterocycles. The minimum atomic E-state index is -4.59. The Kier molecular flexibility index (Phi) is 5.76. The van der Waals surface area contributed by atoms with Crippen LogP contribution >= 0.6 is 0 Å². The molecule has 9 heteroatoms. The maximum absolute atomic E-state index is 12.3. The van der Waals surface area contributed by atoms with Gasteiger partial charge in [0.15, 0.2) is 6.61 Å². The first kappa shape index (κ1) is 19.3. The number of amides is 2. The predicted molar refractivity (Wildman–Crippen MR) is 89.5 cm³/mol. The van der Waals surface area contributed by atoms with Crippen LogP contribution in [-0.4, -0.2) is 55.4 Å². The molecule has 148 valence electrons. The lowest BCUT2D eigenvalue weighted by atomic mass is 10.1. The molecule has 6 nitrogen and oxygen atoms in total. The summed E-state index contributed by atoms with van der Waals surface area (Å²) >= 11 is 0. The van der Waals surface area contributed by atoms with Gasteiger partial charge in [0.25, 0.3) is 0 Å². The molecule has 1 N–H and O–H groups in total. The van der Waals surface area contributed by atoms with E-state index in [1.165, 1.54) is 0 Å². The average Bonchev–Trinajstić information content (AvgIpc) is 3.27. The molecule has 2 amide bonds. The predicted octanol–water partition coefficient (Wildman–Crippen LogP) is 2.44. The monoisotopic (exact) mass is 386 g/mol. The average molecular weight is 386 g/mol. The lowest BCUT2D eigenvalue weighted by molar-refractivity contribution is -0.162. The highest BCUT2D eigenvalue weighted by molar-refractivity contribution is 5.86. The molecular weight excluding hydrogens is 365 g/mol. The van der Waals surface area contributed by atoms with E-state index in [1.807, 2.05) is 18.2 Å². The summed E-state index contributed by atoms with van der Waals surface area (Å²) in [6, 6.07) is 5.10. The second-order valence-electron chi connectivity index (χ2n) is 6.60. The molecule has 0 spiro atoms. The molecule has 1 aromatic carbocycles. The van der Waals surface area contributed by atoms with Gasteiger partial charge in [-0.25, -0.2) is 4.79 Å². The molecule has 1 aromatic rings. The van der Waals surface area contributed by atoms with Gasteiger partial charge in [-0.05, 0) is 36.5 Å². The van der Waals surface area contributed by atoms with Crippen molar-refractivity contribution in [2.24, 2.45) is 0 Å². The number of alkyl halides is 3. The highest BCUT2D eigenvalue weighted by Crippen LogP contribution is 2.26. The molecule has 0 bridgehead atoms. The van der Waals surface area contributed by atoms with Gasteiger partial charge in [-0.15, -0.1) is 0 Å². The van der Waals surface area contributed by atoms with Gasteiger partial charge in [-0.1, -0.05) is 12.1 Å². The first-order valence-corrected chi connectivity index (χ1v) is 8.86. The van der Waals surface area contributed by atoms with Crippen molar-refractivity contribution >= 4 is 12.0 Å². The summed E-state index contributed by atoms with van der Waals surface area (Å²) in [5.74, 6) is 0.516. The Morgan fingerprint density at radius 1 is 1.33 bits per heavy atom. The fourth-order valence-electron chi connectivity index (χ4n) is 3.33. The summed E-state index contributed by atoms with van der Waals surface area (Å²) < 4.78 is 46.3. The number of benzene rings is 1. The van der Waals surface area contributed by atoms with Crippen LogP contribution in [0.3, 0.4) is 0 Å². The van der Waals surface area contributed by atoms with Crippen molar-refractivity contribution < 1.29 is 32.2 Å². The first-order valence-electron chi connectivity index (χ1n) is 8.86. The molecule has 2 aliphatic rings. The van der Waals surface area contributed by atoms with Crippen LogP contribution < -0.4 is 10.1 Å².